The number of carbonyl (C=O) groups is 2. The summed E-state index contributed by atoms with van der Waals surface area (Å²) in [6.45, 7) is 0. The van der Waals surface area contributed by atoms with Crippen molar-refractivity contribution in [1.29, 1.82) is 0 Å². The molecule has 25 heavy (non-hydrogen) atoms. The molecule has 0 aliphatic heterocycles. The second-order valence-electron chi connectivity index (χ2n) is 4.97. The van der Waals surface area contributed by atoms with Gasteiger partial charge in [-0.3, -0.25) is 9.59 Å². The number of carbonyl (C=O) groups excluding carboxylic acids is 2. The fraction of sp³-hybridized carbons (Fsp3) is 0. The fourth-order valence-electron chi connectivity index (χ4n) is 2.03. The summed E-state index contributed by atoms with van der Waals surface area (Å²) >= 11 is 6.18. The summed E-state index contributed by atoms with van der Waals surface area (Å²) in [7, 11) is 0. The summed E-state index contributed by atoms with van der Waals surface area (Å²) in [5.41, 5.74) is 0.836. The Morgan fingerprint density at radius 1 is 1.00 bits per heavy atom. The second kappa shape index (κ2) is 8.24. The van der Waals surface area contributed by atoms with Crippen LogP contribution in [0.3, 0.4) is 0 Å². The normalized spacial score (nSPS) is 11.2. The Morgan fingerprint density at radius 2 is 1.80 bits per heavy atom. The number of hydrogen-bond acceptors (Lipinski definition) is 4. The van der Waals surface area contributed by atoms with Gasteiger partial charge in [-0.1, -0.05) is 34.1 Å². The van der Waals surface area contributed by atoms with E-state index in [9.17, 15) is 9.59 Å². The van der Waals surface area contributed by atoms with E-state index in [1.807, 2.05) is 35.0 Å². The Hall–Kier alpha value is -2.22. The van der Waals surface area contributed by atoms with Crippen molar-refractivity contribution in [2.24, 2.45) is 0 Å². The number of halogens is 1. The molecule has 0 aliphatic carbocycles. The van der Waals surface area contributed by atoms with Gasteiger partial charge in [0.25, 0.3) is 11.8 Å². The van der Waals surface area contributed by atoms with E-state index < -0.39 is 0 Å². The molecule has 0 bridgehead atoms. The number of amides is 2. The third-order valence-corrected chi connectivity index (χ3v) is 5.33. The number of benzene rings is 1. The molecule has 1 aromatic carbocycles. The van der Waals surface area contributed by atoms with Crippen molar-refractivity contribution < 1.29 is 9.59 Å². The number of anilines is 1. The molecule has 4 nitrogen and oxygen atoms in total. The SMILES string of the molecule is O=C(Nc1cccc(Br)c1)/C(=C/c1cccs1)NC(=O)c1cccs1. The maximum absolute atomic E-state index is 12.7. The second-order valence-corrected chi connectivity index (χ2v) is 7.81. The Bertz CT molecular complexity index is 903. The highest BCUT2D eigenvalue weighted by molar-refractivity contribution is 9.10. The number of thiophene rings is 2. The lowest BCUT2D eigenvalue weighted by atomic mass is 10.2. The average molecular weight is 433 g/mol. The van der Waals surface area contributed by atoms with Crippen molar-refractivity contribution in [2.45, 2.75) is 0 Å². The molecule has 2 N–H and O–H groups in total. The predicted octanol–water partition coefficient (Wildman–Crippen LogP) is 4.98. The summed E-state index contributed by atoms with van der Waals surface area (Å²) in [5.74, 6) is -0.682. The maximum atomic E-state index is 12.7. The van der Waals surface area contributed by atoms with Crippen LogP contribution in [-0.4, -0.2) is 11.8 Å². The zero-order chi connectivity index (χ0) is 17.6. The predicted molar refractivity (Wildman–Crippen MR) is 107 cm³/mol. The van der Waals surface area contributed by atoms with Gasteiger partial charge in [-0.25, -0.2) is 0 Å². The van der Waals surface area contributed by atoms with E-state index in [1.165, 1.54) is 22.7 Å². The van der Waals surface area contributed by atoms with Crippen LogP contribution in [0.2, 0.25) is 0 Å². The Balaban J connectivity index is 1.83. The van der Waals surface area contributed by atoms with Gasteiger partial charge >= 0.3 is 0 Å². The average Bonchev–Trinajstić information content (AvgIpc) is 3.28. The van der Waals surface area contributed by atoms with E-state index in [0.717, 1.165) is 9.35 Å². The summed E-state index contributed by atoms with van der Waals surface area (Å²) in [6.07, 6.45) is 1.67. The molecule has 7 heteroatoms. The van der Waals surface area contributed by atoms with E-state index in [0.29, 0.717) is 10.6 Å². The summed E-state index contributed by atoms with van der Waals surface area (Å²) in [5, 5.41) is 9.24. The lowest BCUT2D eigenvalue weighted by Gasteiger charge is -2.10. The van der Waals surface area contributed by atoms with Crippen molar-refractivity contribution >= 4 is 62.2 Å². The first-order chi connectivity index (χ1) is 12.1. The molecule has 2 heterocycles. The lowest BCUT2D eigenvalue weighted by molar-refractivity contribution is -0.113. The zero-order valence-corrected chi connectivity index (χ0v) is 16.1. The van der Waals surface area contributed by atoms with Gasteiger partial charge < -0.3 is 10.6 Å². The maximum Gasteiger partial charge on any atom is 0.272 e. The highest BCUT2D eigenvalue weighted by Crippen LogP contribution is 2.18. The van der Waals surface area contributed by atoms with Crippen LogP contribution in [0.15, 0.2) is 69.5 Å². The minimum absolute atomic E-state index is 0.195. The molecule has 0 saturated heterocycles. The first-order valence-electron chi connectivity index (χ1n) is 7.29. The Labute approximate surface area is 161 Å². The highest BCUT2D eigenvalue weighted by Gasteiger charge is 2.16. The molecule has 2 amide bonds. The molecule has 2 aromatic heterocycles. The first kappa shape index (κ1) is 17.6. The third-order valence-electron chi connectivity index (χ3n) is 3.15. The van der Waals surface area contributed by atoms with E-state index in [4.69, 9.17) is 0 Å². The fourth-order valence-corrected chi connectivity index (χ4v) is 3.71. The monoisotopic (exact) mass is 432 g/mol. The van der Waals surface area contributed by atoms with Crippen molar-refractivity contribution in [1.82, 2.24) is 5.32 Å². The highest BCUT2D eigenvalue weighted by atomic mass is 79.9. The standard InChI is InChI=1S/C18H13BrN2O2S2/c19-12-4-1-5-13(10-12)20-17(22)15(11-14-6-2-8-24-14)21-18(23)16-7-3-9-25-16/h1-11H,(H,20,22)(H,21,23)/b15-11-. The third kappa shape index (κ3) is 4.88. The number of hydrogen-bond donors (Lipinski definition) is 2. The van der Waals surface area contributed by atoms with Gasteiger partial charge in [0.05, 0.1) is 4.88 Å². The Kier molecular flexibility index (Phi) is 5.80. The van der Waals surface area contributed by atoms with Crippen LogP contribution in [0.4, 0.5) is 5.69 Å². The van der Waals surface area contributed by atoms with Crippen molar-refractivity contribution in [2.75, 3.05) is 5.32 Å². The number of nitrogens with one attached hydrogen (secondary N) is 2. The molecule has 0 spiro atoms. The quantitative estimate of drug-likeness (QED) is 0.558. The van der Waals surface area contributed by atoms with Crippen molar-refractivity contribution in [3.63, 3.8) is 0 Å². The van der Waals surface area contributed by atoms with Crippen LogP contribution in [0.1, 0.15) is 14.5 Å². The van der Waals surface area contributed by atoms with Gasteiger partial charge in [0, 0.05) is 15.0 Å². The molecule has 0 radical (unpaired) electrons. The van der Waals surface area contributed by atoms with E-state index >= 15 is 0 Å². The van der Waals surface area contributed by atoms with E-state index in [1.54, 1.807) is 30.3 Å². The molecular formula is C18H13BrN2O2S2. The van der Waals surface area contributed by atoms with Crippen LogP contribution in [0, 0.1) is 0 Å². The van der Waals surface area contributed by atoms with Crippen LogP contribution in [0.25, 0.3) is 6.08 Å². The summed E-state index contributed by atoms with van der Waals surface area (Å²) in [6, 6.07) is 14.6. The van der Waals surface area contributed by atoms with Crippen LogP contribution < -0.4 is 10.6 Å². The zero-order valence-electron chi connectivity index (χ0n) is 12.9. The summed E-state index contributed by atoms with van der Waals surface area (Å²) in [4.78, 5) is 26.4. The van der Waals surface area contributed by atoms with Gasteiger partial charge in [0.1, 0.15) is 5.70 Å². The van der Waals surface area contributed by atoms with Gasteiger partial charge in [0.2, 0.25) is 0 Å². The van der Waals surface area contributed by atoms with Gasteiger partial charge in [-0.2, -0.15) is 0 Å². The van der Waals surface area contributed by atoms with Crippen LogP contribution in [-0.2, 0) is 4.79 Å². The van der Waals surface area contributed by atoms with Crippen molar-refractivity contribution in [3.8, 4) is 0 Å². The molecule has 0 atom stereocenters. The smallest absolute Gasteiger partial charge is 0.272 e. The van der Waals surface area contributed by atoms with Gasteiger partial charge in [-0.05, 0) is 47.2 Å². The molecule has 3 rings (SSSR count). The minimum atomic E-state index is -0.378. The number of rotatable bonds is 5. The molecule has 0 aliphatic rings. The molecule has 0 saturated carbocycles. The summed E-state index contributed by atoms with van der Waals surface area (Å²) < 4.78 is 0.858. The largest absolute Gasteiger partial charge is 0.321 e. The molecule has 0 fully saturated rings. The molecule has 126 valence electrons. The topological polar surface area (TPSA) is 58.2 Å². The van der Waals surface area contributed by atoms with Crippen LogP contribution >= 0.6 is 38.6 Å². The lowest BCUT2D eigenvalue weighted by Crippen LogP contribution is -2.30. The van der Waals surface area contributed by atoms with Crippen LogP contribution in [0.5, 0.6) is 0 Å². The first-order valence-corrected chi connectivity index (χ1v) is 9.84. The molecule has 0 unspecified atom stereocenters. The molecular weight excluding hydrogens is 420 g/mol. The van der Waals surface area contributed by atoms with E-state index in [2.05, 4.69) is 26.6 Å². The van der Waals surface area contributed by atoms with Gasteiger partial charge in [0.15, 0.2) is 0 Å². The minimum Gasteiger partial charge on any atom is -0.321 e. The Morgan fingerprint density at radius 3 is 2.48 bits per heavy atom. The van der Waals surface area contributed by atoms with Gasteiger partial charge in [-0.15, -0.1) is 22.7 Å². The van der Waals surface area contributed by atoms with E-state index in [-0.39, 0.29) is 17.5 Å². The van der Waals surface area contributed by atoms with Crippen molar-refractivity contribution in [3.05, 3.63) is 79.2 Å². The molecule has 3 aromatic rings.